The van der Waals surface area contributed by atoms with Crippen LogP contribution in [0.25, 0.3) is 0 Å². The van der Waals surface area contributed by atoms with Crippen LogP contribution in [0.4, 0.5) is 0 Å². The van der Waals surface area contributed by atoms with Crippen molar-refractivity contribution < 1.29 is 30.0 Å². The summed E-state index contributed by atoms with van der Waals surface area (Å²) in [6.45, 7) is 5.61. The van der Waals surface area contributed by atoms with E-state index in [-0.39, 0.29) is 29.4 Å². The minimum atomic E-state index is -1.15. The molecule has 4 N–H and O–H groups in total. The van der Waals surface area contributed by atoms with Crippen molar-refractivity contribution in [3.05, 3.63) is 22.8 Å². The standard InChI is InChI=1S/C20H26O6/c1-9(8-21)10-7-11-12(14(23)13(10)22)20-6-4-5-19(2,3)17(20)15(24)16(11)26-18(20)25/h7,9,15-17,21-24H,4-6,8H2,1-3H3/t9-,15+,16-,17+,20+/m1/s1. The molecule has 1 spiro atoms. The summed E-state index contributed by atoms with van der Waals surface area (Å²) in [5.41, 5.74) is -0.0904. The van der Waals surface area contributed by atoms with E-state index in [4.69, 9.17) is 4.74 Å². The predicted octanol–water partition coefficient (Wildman–Crippen LogP) is 2.23. The number of aliphatic hydroxyl groups is 2. The Labute approximate surface area is 152 Å². The normalized spacial score (nSPS) is 35.4. The van der Waals surface area contributed by atoms with Gasteiger partial charge in [-0.15, -0.1) is 0 Å². The fourth-order valence-electron chi connectivity index (χ4n) is 5.75. The minimum Gasteiger partial charge on any atom is -0.504 e. The molecule has 142 valence electrons. The number of carbonyl (C=O) groups excluding carboxylic acids is 1. The van der Waals surface area contributed by atoms with Crippen LogP contribution in [0.5, 0.6) is 11.5 Å². The lowest BCUT2D eigenvalue weighted by atomic mass is 9.46. The van der Waals surface area contributed by atoms with E-state index in [0.717, 1.165) is 12.8 Å². The van der Waals surface area contributed by atoms with E-state index >= 15 is 0 Å². The summed E-state index contributed by atoms with van der Waals surface area (Å²) >= 11 is 0. The van der Waals surface area contributed by atoms with Gasteiger partial charge in [-0.05, 0) is 24.3 Å². The van der Waals surface area contributed by atoms with Crippen LogP contribution in [-0.4, -0.2) is 39.1 Å². The number of benzene rings is 1. The number of fused-ring (bicyclic) bond motifs is 1. The Hall–Kier alpha value is -1.79. The van der Waals surface area contributed by atoms with Crippen molar-refractivity contribution in [1.82, 2.24) is 0 Å². The number of rotatable bonds is 2. The average molecular weight is 362 g/mol. The fourth-order valence-corrected chi connectivity index (χ4v) is 5.75. The number of aliphatic hydroxyl groups excluding tert-OH is 2. The molecule has 5 rings (SSSR count). The number of phenolic OH excluding ortho intramolecular Hbond substituents is 2. The third-order valence-electron chi connectivity index (χ3n) is 6.91. The second-order valence-corrected chi connectivity index (χ2v) is 8.82. The summed E-state index contributed by atoms with van der Waals surface area (Å²) in [5.74, 6) is -1.80. The Balaban J connectivity index is 2.03. The van der Waals surface area contributed by atoms with E-state index in [2.05, 4.69) is 0 Å². The minimum absolute atomic E-state index is 0.195. The van der Waals surface area contributed by atoms with Gasteiger partial charge in [0.1, 0.15) is 5.41 Å². The van der Waals surface area contributed by atoms with Gasteiger partial charge in [0.05, 0.1) is 6.10 Å². The van der Waals surface area contributed by atoms with Crippen molar-refractivity contribution in [2.45, 2.75) is 63.6 Å². The van der Waals surface area contributed by atoms with Crippen LogP contribution in [0.1, 0.15) is 68.7 Å². The molecule has 2 aliphatic carbocycles. The summed E-state index contributed by atoms with van der Waals surface area (Å²) in [6, 6.07) is 1.67. The Morgan fingerprint density at radius 2 is 1.96 bits per heavy atom. The Kier molecular flexibility index (Phi) is 3.63. The highest BCUT2D eigenvalue weighted by molar-refractivity contribution is 5.90. The topological polar surface area (TPSA) is 107 Å². The summed E-state index contributed by atoms with van der Waals surface area (Å²) in [5, 5.41) is 42.0. The second kappa shape index (κ2) is 5.36. The molecule has 4 aliphatic rings. The third-order valence-corrected chi connectivity index (χ3v) is 6.91. The number of esters is 1. The predicted molar refractivity (Wildman–Crippen MR) is 92.9 cm³/mol. The van der Waals surface area contributed by atoms with Gasteiger partial charge >= 0.3 is 5.97 Å². The fraction of sp³-hybridized carbons (Fsp3) is 0.650. The van der Waals surface area contributed by atoms with Gasteiger partial charge in [-0.1, -0.05) is 27.2 Å². The maximum Gasteiger partial charge on any atom is 0.317 e. The lowest BCUT2D eigenvalue weighted by Gasteiger charge is -2.60. The van der Waals surface area contributed by atoms with Gasteiger partial charge in [0, 0.05) is 35.1 Å². The van der Waals surface area contributed by atoms with E-state index in [1.807, 2.05) is 13.8 Å². The molecule has 2 heterocycles. The number of ether oxygens (including phenoxy) is 1. The number of hydrogen-bond donors (Lipinski definition) is 4. The SMILES string of the molecule is C[C@H](CO)c1cc2c(c(O)c1O)[C@@]13CCCC(C)(C)[C@@H]1[C@@H](O)[C@@H]2OC3=O. The molecular formula is C20H26O6. The van der Waals surface area contributed by atoms with Crippen molar-refractivity contribution >= 4 is 5.97 Å². The summed E-state index contributed by atoms with van der Waals surface area (Å²) < 4.78 is 5.60. The van der Waals surface area contributed by atoms with E-state index < -0.39 is 29.5 Å². The smallest absolute Gasteiger partial charge is 0.317 e. The first-order valence-electron chi connectivity index (χ1n) is 9.26. The summed E-state index contributed by atoms with van der Waals surface area (Å²) in [7, 11) is 0. The molecule has 26 heavy (non-hydrogen) atoms. The molecule has 1 aromatic carbocycles. The maximum atomic E-state index is 13.0. The molecule has 1 saturated carbocycles. The second-order valence-electron chi connectivity index (χ2n) is 8.82. The zero-order chi connectivity index (χ0) is 19.0. The number of carbonyl (C=O) groups is 1. The first-order valence-corrected chi connectivity index (χ1v) is 9.26. The zero-order valence-electron chi connectivity index (χ0n) is 15.3. The van der Waals surface area contributed by atoms with Crippen LogP contribution in [-0.2, 0) is 14.9 Å². The number of hydrogen-bond acceptors (Lipinski definition) is 6. The van der Waals surface area contributed by atoms with Gasteiger partial charge in [-0.25, -0.2) is 0 Å². The monoisotopic (exact) mass is 362 g/mol. The molecule has 0 amide bonds. The quantitative estimate of drug-likeness (QED) is 0.475. The van der Waals surface area contributed by atoms with E-state index in [1.54, 1.807) is 13.0 Å². The highest BCUT2D eigenvalue weighted by atomic mass is 16.6. The number of phenols is 2. The molecule has 0 aromatic heterocycles. The Bertz CT molecular complexity index is 785. The molecule has 2 fully saturated rings. The highest BCUT2D eigenvalue weighted by Gasteiger charge is 2.68. The van der Waals surface area contributed by atoms with Crippen LogP contribution < -0.4 is 0 Å². The van der Waals surface area contributed by atoms with Crippen molar-refractivity contribution in [3.63, 3.8) is 0 Å². The molecule has 6 nitrogen and oxygen atoms in total. The van der Waals surface area contributed by atoms with Crippen molar-refractivity contribution in [1.29, 1.82) is 0 Å². The van der Waals surface area contributed by atoms with Gasteiger partial charge in [-0.3, -0.25) is 4.79 Å². The molecule has 2 bridgehead atoms. The van der Waals surface area contributed by atoms with Crippen molar-refractivity contribution in [2.24, 2.45) is 11.3 Å². The lowest BCUT2D eigenvalue weighted by molar-refractivity contribution is -0.213. The summed E-state index contributed by atoms with van der Waals surface area (Å²) in [6.07, 6.45) is 0.385. The number of aromatic hydroxyl groups is 2. The van der Waals surface area contributed by atoms with Gasteiger partial charge in [0.2, 0.25) is 0 Å². The molecule has 1 saturated heterocycles. The highest BCUT2D eigenvalue weighted by Crippen LogP contribution is 2.66. The van der Waals surface area contributed by atoms with Gasteiger partial charge in [-0.2, -0.15) is 0 Å². The van der Waals surface area contributed by atoms with Gasteiger partial charge in [0.25, 0.3) is 0 Å². The first-order chi connectivity index (χ1) is 12.2. The molecule has 6 heteroatoms. The van der Waals surface area contributed by atoms with Gasteiger partial charge < -0.3 is 25.2 Å². The van der Waals surface area contributed by atoms with Crippen molar-refractivity contribution in [2.75, 3.05) is 6.61 Å². The van der Waals surface area contributed by atoms with Crippen LogP contribution in [0.15, 0.2) is 6.07 Å². The molecule has 0 unspecified atom stereocenters. The first kappa shape index (κ1) is 17.6. The van der Waals surface area contributed by atoms with Crippen LogP contribution >= 0.6 is 0 Å². The molecule has 2 aliphatic heterocycles. The maximum absolute atomic E-state index is 13.0. The Morgan fingerprint density at radius 1 is 1.27 bits per heavy atom. The zero-order valence-corrected chi connectivity index (χ0v) is 15.3. The Morgan fingerprint density at radius 3 is 2.62 bits per heavy atom. The molecular weight excluding hydrogens is 336 g/mol. The van der Waals surface area contributed by atoms with Crippen LogP contribution in [0.3, 0.4) is 0 Å². The molecule has 0 radical (unpaired) electrons. The lowest BCUT2D eigenvalue weighted by Crippen LogP contribution is -2.65. The van der Waals surface area contributed by atoms with E-state index in [1.165, 1.54) is 0 Å². The largest absolute Gasteiger partial charge is 0.504 e. The van der Waals surface area contributed by atoms with Crippen LogP contribution in [0.2, 0.25) is 0 Å². The average Bonchev–Trinajstić information content (AvgIpc) is 2.58. The summed E-state index contributed by atoms with van der Waals surface area (Å²) in [4.78, 5) is 13.0. The van der Waals surface area contributed by atoms with E-state index in [9.17, 15) is 25.2 Å². The molecule has 5 atom stereocenters. The third kappa shape index (κ3) is 1.92. The van der Waals surface area contributed by atoms with Crippen molar-refractivity contribution in [3.8, 4) is 11.5 Å². The van der Waals surface area contributed by atoms with E-state index in [0.29, 0.717) is 23.1 Å². The van der Waals surface area contributed by atoms with Gasteiger partial charge in [0.15, 0.2) is 17.6 Å². The molecule has 1 aromatic rings. The van der Waals surface area contributed by atoms with Crippen LogP contribution in [0, 0.1) is 11.3 Å².